The minimum absolute atomic E-state index is 0.0651. The molecule has 9 heteroatoms. The van der Waals surface area contributed by atoms with Gasteiger partial charge in [-0.1, -0.05) is 12.1 Å². The first-order chi connectivity index (χ1) is 12.6. The van der Waals surface area contributed by atoms with E-state index in [4.69, 9.17) is 0 Å². The summed E-state index contributed by atoms with van der Waals surface area (Å²) in [4.78, 5) is 33.8. The first kappa shape index (κ1) is 20.1. The van der Waals surface area contributed by atoms with Crippen LogP contribution in [0.4, 0.5) is 24.5 Å². The molecule has 0 heterocycles. The first-order valence-corrected chi connectivity index (χ1v) is 7.70. The maximum absolute atomic E-state index is 13.3. The van der Waals surface area contributed by atoms with Crippen LogP contribution in [0.5, 0.6) is 0 Å². The van der Waals surface area contributed by atoms with Gasteiger partial charge in [-0.05, 0) is 41.9 Å². The summed E-state index contributed by atoms with van der Waals surface area (Å²) in [6.07, 6.45) is -4.70. The molecule has 0 radical (unpaired) electrons. The summed E-state index contributed by atoms with van der Waals surface area (Å²) in [5, 5.41) is 5.14. The molecule has 0 fully saturated rings. The predicted molar refractivity (Wildman–Crippen MR) is 91.5 cm³/mol. The summed E-state index contributed by atoms with van der Waals surface area (Å²) in [5.41, 5.74) is -0.655. The number of hydrogen-bond donors (Lipinski definition) is 1. The zero-order chi connectivity index (χ0) is 20.2. The van der Waals surface area contributed by atoms with Gasteiger partial charge < -0.3 is 10.1 Å². The van der Waals surface area contributed by atoms with Crippen molar-refractivity contribution in [3.63, 3.8) is 0 Å². The van der Waals surface area contributed by atoms with Crippen molar-refractivity contribution < 1.29 is 27.5 Å². The highest BCUT2D eigenvalue weighted by molar-refractivity contribution is 6.04. The minimum atomic E-state index is -4.70. The van der Waals surface area contributed by atoms with Gasteiger partial charge in [-0.15, -0.1) is 4.91 Å². The molecule has 2 aromatic rings. The number of rotatable bonds is 5. The van der Waals surface area contributed by atoms with Gasteiger partial charge in [0, 0.05) is 23.7 Å². The van der Waals surface area contributed by atoms with Crippen LogP contribution in [0.3, 0.4) is 0 Å². The minimum Gasteiger partial charge on any atom is -0.461 e. The van der Waals surface area contributed by atoms with Crippen LogP contribution in [0.25, 0.3) is 0 Å². The van der Waals surface area contributed by atoms with Crippen LogP contribution >= 0.6 is 0 Å². The number of hydrogen-bond acceptors (Lipinski definition) is 5. The third-order valence-electron chi connectivity index (χ3n) is 3.67. The molecule has 0 unspecified atom stereocenters. The van der Waals surface area contributed by atoms with Crippen LogP contribution in [-0.2, 0) is 22.3 Å². The Kier molecular flexibility index (Phi) is 5.94. The average Bonchev–Trinajstić information content (AvgIpc) is 2.60. The zero-order valence-corrected chi connectivity index (χ0v) is 14.4. The summed E-state index contributed by atoms with van der Waals surface area (Å²) >= 11 is 0. The van der Waals surface area contributed by atoms with Crippen LogP contribution in [-0.4, -0.2) is 11.9 Å². The van der Waals surface area contributed by atoms with E-state index >= 15 is 0 Å². The third kappa shape index (κ3) is 5.13. The Morgan fingerprint density at radius 2 is 1.85 bits per heavy atom. The third-order valence-corrected chi connectivity index (χ3v) is 3.67. The van der Waals surface area contributed by atoms with Gasteiger partial charge in [0.15, 0.2) is 0 Å². The number of esters is 1. The monoisotopic (exact) mass is 380 g/mol. The largest absolute Gasteiger partial charge is 0.461 e. The van der Waals surface area contributed by atoms with Gasteiger partial charge in [-0.3, -0.25) is 9.59 Å². The van der Waals surface area contributed by atoms with Gasteiger partial charge in [0.05, 0.1) is 5.56 Å². The molecular weight excluding hydrogens is 365 g/mol. The Bertz CT molecular complexity index is 895. The molecule has 1 N–H and O–H groups in total. The van der Waals surface area contributed by atoms with Gasteiger partial charge in [0.1, 0.15) is 12.3 Å². The molecule has 0 atom stereocenters. The summed E-state index contributed by atoms with van der Waals surface area (Å²) in [5.74, 6) is -1.40. The van der Waals surface area contributed by atoms with E-state index in [-0.39, 0.29) is 22.5 Å². The molecule has 0 aliphatic rings. The van der Waals surface area contributed by atoms with Crippen LogP contribution in [0.2, 0.25) is 0 Å². The Morgan fingerprint density at radius 3 is 2.44 bits per heavy atom. The molecule has 0 saturated heterocycles. The molecule has 142 valence electrons. The molecule has 0 bridgehead atoms. The molecule has 0 spiro atoms. The number of nitrogens with zero attached hydrogens (tertiary/aromatic N) is 1. The van der Waals surface area contributed by atoms with Crippen molar-refractivity contribution in [2.45, 2.75) is 26.6 Å². The molecule has 0 aliphatic carbocycles. The number of ether oxygens (including phenoxy) is 1. The van der Waals surface area contributed by atoms with Crippen LogP contribution in [0, 0.1) is 11.8 Å². The molecule has 0 aromatic heterocycles. The zero-order valence-electron chi connectivity index (χ0n) is 14.4. The Hall–Kier alpha value is -3.23. The van der Waals surface area contributed by atoms with Crippen molar-refractivity contribution in [2.75, 3.05) is 5.32 Å². The van der Waals surface area contributed by atoms with Crippen molar-refractivity contribution >= 4 is 23.3 Å². The second-order valence-corrected chi connectivity index (χ2v) is 5.70. The normalized spacial score (nSPS) is 11.0. The molecule has 2 rings (SSSR count). The highest BCUT2D eigenvalue weighted by atomic mass is 19.4. The molecule has 2 aromatic carbocycles. The van der Waals surface area contributed by atoms with E-state index < -0.39 is 30.2 Å². The number of aryl methyl sites for hydroxylation is 1. The van der Waals surface area contributed by atoms with Gasteiger partial charge in [-0.25, -0.2) is 0 Å². The fourth-order valence-electron chi connectivity index (χ4n) is 2.28. The molecule has 0 aliphatic heterocycles. The highest BCUT2D eigenvalue weighted by Crippen LogP contribution is 2.34. The lowest BCUT2D eigenvalue weighted by molar-refractivity contribution is -0.145. The Morgan fingerprint density at radius 1 is 1.15 bits per heavy atom. The number of anilines is 1. The van der Waals surface area contributed by atoms with Crippen LogP contribution in [0.1, 0.15) is 34.0 Å². The Balaban J connectivity index is 2.29. The molecule has 0 saturated carbocycles. The topological polar surface area (TPSA) is 84.8 Å². The molecule has 1 amide bonds. The fraction of sp³-hybridized carbons (Fsp3) is 0.222. The quantitative estimate of drug-likeness (QED) is 0.600. The second kappa shape index (κ2) is 7.98. The van der Waals surface area contributed by atoms with E-state index in [0.29, 0.717) is 5.56 Å². The van der Waals surface area contributed by atoms with Crippen LogP contribution < -0.4 is 5.32 Å². The van der Waals surface area contributed by atoms with Gasteiger partial charge in [0.25, 0.3) is 5.91 Å². The molecule has 6 nitrogen and oxygen atoms in total. The van der Waals surface area contributed by atoms with E-state index in [1.54, 1.807) is 6.92 Å². The molecule has 27 heavy (non-hydrogen) atoms. The predicted octanol–water partition coefficient (Wildman–Crippen LogP) is 4.73. The van der Waals surface area contributed by atoms with Crippen LogP contribution in [0.15, 0.2) is 41.6 Å². The summed E-state index contributed by atoms with van der Waals surface area (Å²) in [6.45, 7) is 2.19. The summed E-state index contributed by atoms with van der Waals surface area (Å²) in [7, 11) is 0. The number of nitrogens with one attached hydrogen (secondary N) is 1. The number of alkyl halides is 3. The average molecular weight is 380 g/mol. The lowest BCUT2D eigenvalue weighted by atomic mass is 10.1. The second-order valence-electron chi connectivity index (χ2n) is 5.70. The number of carbonyl (C=O) groups is 2. The van der Waals surface area contributed by atoms with Crippen molar-refractivity contribution in [1.29, 1.82) is 0 Å². The lowest BCUT2D eigenvalue weighted by Gasteiger charge is -2.15. The maximum Gasteiger partial charge on any atom is 0.416 e. The number of benzene rings is 2. The fourth-order valence-corrected chi connectivity index (χ4v) is 2.28. The summed E-state index contributed by atoms with van der Waals surface area (Å²) < 4.78 is 44.4. The number of halogens is 3. The van der Waals surface area contributed by atoms with Crippen molar-refractivity contribution in [2.24, 2.45) is 5.18 Å². The van der Waals surface area contributed by atoms with Gasteiger partial charge in [-0.2, -0.15) is 13.2 Å². The lowest BCUT2D eigenvalue weighted by Crippen LogP contribution is -2.15. The van der Waals surface area contributed by atoms with E-state index in [0.717, 1.165) is 19.1 Å². The Labute approximate surface area is 152 Å². The molecular formula is C18H15F3N2O4. The SMILES string of the molecule is CC(=O)OCc1ccc(NC(=O)c2ccc(C)c(N=O)c2)cc1C(F)(F)F. The number of carbonyl (C=O) groups excluding carboxylic acids is 2. The summed E-state index contributed by atoms with van der Waals surface area (Å²) in [6, 6.07) is 7.32. The van der Waals surface area contributed by atoms with E-state index in [9.17, 15) is 27.7 Å². The van der Waals surface area contributed by atoms with Crippen molar-refractivity contribution in [1.82, 2.24) is 0 Å². The number of nitroso groups, excluding NO2 is 1. The van der Waals surface area contributed by atoms with E-state index in [2.05, 4.69) is 15.2 Å². The van der Waals surface area contributed by atoms with Gasteiger partial charge in [0.2, 0.25) is 0 Å². The van der Waals surface area contributed by atoms with Crippen molar-refractivity contribution in [3.8, 4) is 0 Å². The highest BCUT2D eigenvalue weighted by Gasteiger charge is 2.34. The van der Waals surface area contributed by atoms with E-state index in [1.165, 1.54) is 24.3 Å². The maximum atomic E-state index is 13.3. The standard InChI is InChI=1S/C18H15F3N2O4/c1-10-3-4-12(7-16(10)23-26)17(25)22-14-6-5-13(9-27-11(2)24)15(8-14)18(19,20)21/h3-8H,9H2,1-2H3,(H,22,25). The first-order valence-electron chi connectivity index (χ1n) is 7.70. The number of amides is 1. The van der Waals surface area contributed by atoms with E-state index in [1.807, 2.05) is 0 Å². The smallest absolute Gasteiger partial charge is 0.416 e. The van der Waals surface area contributed by atoms with Gasteiger partial charge >= 0.3 is 12.1 Å². The van der Waals surface area contributed by atoms with Crippen molar-refractivity contribution in [3.05, 3.63) is 63.6 Å².